The van der Waals surface area contributed by atoms with Gasteiger partial charge in [-0.15, -0.1) is 0 Å². The number of nitrogens with two attached hydrogens (primary N) is 1. The molecular weight excluding hydrogens is 478 g/mol. The lowest BCUT2D eigenvalue weighted by molar-refractivity contribution is 0.1000. The first kappa shape index (κ1) is 25.4. The van der Waals surface area contributed by atoms with Crippen LogP contribution in [-0.4, -0.2) is 59.1 Å². The standard InChI is InChI=1S/C30H31N5O3/c31-29(37)23-5-3-4-21(16-23)28(36)22-8-11-25-26(30(38)34-27(25)17-22)19-33-24-9-6-20(7-10-24)18-32-12-15-35-13-1-2-14-35/h3-11,16-17,19,32,34,38H,1-2,12-15,18H2,(H2,31,37). The summed E-state index contributed by atoms with van der Waals surface area (Å²) in [5.41, 5.74) is 9.52. The first-order valence-corrected chi connectivity index (χ1v) is 12.8. The minimum absolute atomic E-state index is 0.0251. The van der Waals surface area contributed by atoms with Crippen LogP contribution >= 0.6 is 0 Å². The van der Waals surface area contributed by atoms with E-state index >= 15 is 0 Å². The third-order valence-electron chi connectivity index (χ3n) is 6.90. The summed E-state index contributed by atoms with van der Waals surface area (Å²) in [6, 6.07) is 19.5. The van der Waals surface area contributed by atoms with Crippen LogP contribution in [0.2, 0.25) is 0 Å². The fourth-order valence-corrected chi connectivity index (χ4v) is 4.77. The van der Waals surface area contributed by atoms with E-state index in [1.54, 1.807) is 42.6 Å². The van der Waals surface area contributed by atoms with Crippen LogP contribution in [0.3, 0.4) is 0 Å². The second kappa shape index (κ2) is 11.4. The summed E-state index contributed by atoms with van der Waals surface area (Å²) >= 11 is 0. The number of hydrogen-bond donors (Lipinski definition) is 4. The number of ketones is 1. The maximum Gasteiger partial charge on any atom is 0.248 e. The van der Waals surface area contributed by atoms with Gasteiger partial charge in [0.1, 0.15) is 0 Å². The molecule has 0 bridgehead atoms. The van der Waals surface area contributed by atoms with E-state index in [-0.39, 0.29) is 17.2 Å². The fourth-order valence-electron chi connectivity index (χ4n) is 4.77. The predicted molar refractivity (Wildman–Crippen MR) is 149 cm³/mol. The van der Waals surface area contributed by atoms with E-state index in [1.807, 2.05) is 12.1 Å². The summed E-state index contributed by atoms with van der Waals surface area (Å²) in [5.74, 6) is -0.861. The molecule has 0 spiro atoms. The number of rotatable bonds is 10. The Morgan fingerprint density at radius 3 is 2.50 bits per heavy atom. The number of aliphatic imine (C=N–C) groups is 1. The maximum absolute atomic E-state index is 13.0. The van der Waals surface area contributed by atoms with Gasteiger partial charge in [0.15, 0.2) is 11.7 Å². The zero-order valence-electron chi connectivity index (χ0n) is 21.1. The Morgan fingerprint density at radius 2 is 1.74 bits per heavy atom. The highest BCUT2D eigenvalue weighted by Gasteiger charge is 2.15. The summed E-state index contributed by atoms with van der Waals surface area (Å²) in [7, 11) is 0. The number of carbonyl (C=O) groups excluding carboxylic acids is 2. The lowest BCUT2D eigenvalue weighted by atomic mass is 10.00. The van der Waals surface area contributed by atoms with Crippen molar-refractivity contribution in [3.63, 3.8) is 0 Å². The molecule has 0 unspecified atom stereocenters. The molecule has 1 aliphatic rings. The second-order valence-corrected chi connectivity index (χ2v) is 9.57. The highest BCUT2D eigenvalue weighted by Crippen LogP contribution is 2.28. The minimum Gasteiger partial charge on any atom is -0.494 e. The molecule has 0 radical (unpaired) electrons. The molecule has 5 N–H and O–H groups in total. The molecule has 1 aliphatic heterocycles. The molecule has 194 valence electrons. The Labute approximate surface area is 221 Å². The lowest BCUT2D eigenvalue weighted by Gasteiger charge is -2.14. The number of H-pyrrole nitrogens is 1. The number of aromatic amines is 1. The molecule has 0 atom stereocenters. The smallest absolute Gasteiger partial charge is 0.248 e. The number of primary amides is 1. The van der Waals surface area contributed by atoms with Gasteiger partial charge in [0, 0.05) is 53.4 Å². The summed E-state index contributed by atoms with van der Waals surface area (Å²) in [5, 5.41) is 14.7. The lowest BCUT2D eigenvalue weighted by Crippen LogP contribution is -2.29. The molecule has 1 fully saturated rings. The third kappa shape index (κ3) is 5.82. The third-order valence-corrected chi connectivity index (χ3v) is 6.90. The van der Waals surface area contributed by atoms with Crippen LogP contribution in [0.5, 0.6) is 5.88 Å². The van der Waals surface area contributed by atoms with Gasteiger partial charge >= 0.3 is 0 Å². The molecular formula is C30H31N5O3. The normalized spacial score (nSPS) is 14.0. The average Bonchev–Trinajstić information content (AvgIpc) is 3.57. The van der Waals surface area contributed by atoms with Gasteiger partial charge in [0.2, 0.25) is 5.91 Å². The molecule has 8 heteroatoms. The van der Waals surface area contributed by atoms with Gasteiger partial charge in [-0.3, -0.25) is 14.6 Å². The van der Waals surface area contributed by atoms with E-state index in [9.17, 15) is 14.7 Å². The minimum atomic E-state index is -0.590. The number of aromatic hydroxyl groups is 1. The van der Waals surface area contributed by atoms with Crippen LogP contribution in [0.4, 0.5) is 5.69 Å². The van der Waals surface area contributed by atoms with E-state index in [0.29, 0.717) is 22.2 Å². The fraction of sp³-hybridized carbons (Fsp3) is 0.233. The number of fused-ring (bicyclic) bond motifs is 1. The van der Waals surface area contributed by atoms with Crippen LogP contribution in [0.1, 0.15) is 50.2 Å². The summed E-state index contributed by atoms with van der Waals surface area (Å²) in [6.07, 6.45) is 4.25. The van der Waals surface area contributed by atoms with Crippen molar-refractivity contribution in [2.45, 2.75) is 19.4 Å². The first-order valence-electron chi connectivity index (χ1n) is 12.8. The molecule has 2 heterocycles. The molecule has 0 saturated carbocycles. The van der Waals surface area contributed by atoms with Gasteiger partial charge in [0.05, 0.1) is 11.3 Å². The molecule has 5 rings (SSSR count). The van der Waals surface area contributed by atoms with Crippen molar-refractivity contribution in [3.8, 4) is 5.88 Å². The number of amides is 1. The number of nitrogens with zero attached hydrogens (tertiary/aromatic N) is 2. The van der Waals surface area contributed by atoms with Gasteiger partial charge in [-0.05, 0) is 61.8 Å². The van der Waals surface area contributed by atoms with Crippen molar-refractivity contribution in [1.29, 1.82) is 0 Å². The van der Waals surface area contributed by atoms with E-state index in [2.05, 4.69) is 32.3 Å². The molecule has 1 amide bonds. The van der Waals surface area contributed by atoms with Crippen molar-refractivity contribution in [3.05, 3.63) is 94.5 Å². The zero-order valence-corrected chi connectivity index (χ0v) is 21.1. The SMILES string of the molecule is NC(=O)c1cccc(C(=O)c2ccc3c(C=Nc4ccc(CNCCN5CCCC5)cc4)c(O)[nH]c3c2)c1. The van der Waals surface area contributed by atoms with Crippen molar-refractivity contribution in [2.24, 2.45) is 10.7 Å². The van der Waals surface area contributed by atoms with Crippen LogP contribution in [0.25, 0.3) is 10.9 Å². The van der Waals surface area contributed by atoms with Gasteiger partial charge in [-0.25, -0.2) is 0 Å². The van der Waals surface area contributed by atoms with Gasteiger partial charge in [0.25, 0.3) is 0 Å². The topological polar surface area (TPSA) is 124 Å². The highest BCUT2D eigenvalue weighted by molar-refractivity contribution is 6.12. The van der Waals surface area contributed by atoms with Crippen molar-refractivity contribution in [2.75, 3.05) is 26.2 Å². The Hall–Kier alpha value is -4.27. The predicted octanol–water partition coefficient (Wildman–Crippen LogP) is 4.14. The second-order valence-electron chi connectivity index (χ2n) is 9.57. The summed E-state index contributed by atoms with van der Waals surface area (Å²) in [4.78, 5) is 34.4. The Bertz CT molecular complexity index is 1480. The van der Waals surface area contributed by atoms with E-state index < -0.39 is 5.91 Å². The van der Waals surface area contributed by atoms with Crippen molar-refractivity contribution >= 4 is 34.5 Å². The molecule has 0 aliphatic carbocycles. The average molecular weight is 510 g/mol. The quantitative estimate of drug-likeness (QED) is 0.145. The van der Waals surface area contributed by atoms with E-state index in [1.165, 1.54) is 37.6 Å². The largest absolute Gasteiger partial charge is 0.494 e. The molecule has 38 heavy (non-hydrogen) atoms. The van der Waals surface area contributed by atoms with Gasteiger partial charge in [-0.2, -0.15) is 0 Å². The van der Waals surface area contributed by atoms with Crippen LogP contribution in [0, 0.1) is 0 Å². The monoisotopic (exact) mass is 509 g/mol. The molecule has 1 aromatic heterocycles. The number of aromatic nitrogens is 1. The molecule has 1 saturated heterocycles. The van der Waals surface area contributed by atoms with Gasteiger partial charge < -0.3 is 26.0 Å². The van der Waals surface area contributed by atoms with Gasteiger partial charge in [-0.1, -0.05) is 36.4 Å². The number of carbonyl (C=O) groups is 2. The van der Waals surface area contributed by atoms with Crippen LogP contribution < -0.4 is 11.1 Å². The van der Waals surface area contributed by atoms with E-state index in [4.69, 9.17) is 5.73 Å². The molecule has 4 aromatic rings. The van der Waals surface area contributed by atoms with Crippen LogP contribution in [0.15, 0.2) is 71.7 Å². The zero-order chi connectivity index (χ0) is 26.5. The van der Waals surface area contributed by atoms with E-state index in [0.717, 1.165) is 30.7 Å². The number of hydrogen-bond acceptors (Lipinski definition) is 6. The summed E-state index contributed by atoms with van der Waals surface area (Å²) < 4.78 is 0. The Kier molecular flexibility index (Phi) is 7.62. The maximum atomic E-state index is 13.0. The number of likely N-dealkylation sites (tertiary alicyclic amines) is 1. The van der Waals surface area contributed by atoms with Crippen LogP contribution in [-0.2, 0) is 6.54 Å². The molecule has 8 nitrogen and oxygen atoms in total. The Morgan fingerprint density at radius 1 is 1.00 bits per heavy atom. The first-order chi connectivity index (χ1) is 18.5. The highest BCUT2D eigenvalue weighted by atomic mass is 16.3. The number of benzene rings is 3. The molecule has 3 aromatic carbocycles. The van der Waals surface area contributed by atoms with Crippen molar-refractivity contribution < 1.29 is 14.7 Å². The number of nitrogens with one attached hydrogen (secondary N) is 2. The van der Waals surface area contributed by atoms with Crippen molar-refractivity contribution in [1.82, 2.24) is 15.2 Å². The summed E-state index contributed by atoms with van der Waals surface area (Å²) in [6.45, 7) is 5.31. The Balaban J connectivity index is 1.24.